The van der Waals surface area contributed by atoms with E-state index in [1.165, 1.54) is 23.9 Å². The third-order valence-electron chi connectivity index (χ3n) is 6.40. The number of anilines is 1. The molecule has 11 heteroatoms. The van der Waals surface area contributed by atoms with E-state index in [-0.39, 0.29) is 30.1 Å². The zero-order valence-corrected chi connectivity index (χ0v) is 23.1. The van der Waals surface area contributed by atoms with Crippen molar-refractivity contribution in [3.05, 3.63) is 72.1 Å². The number of pyridine rings is 3. The van der Waals surface area contributed by atoms with Crippen LogP contribution >= 0.6 is 11.8 Å². The number of carbonyl (C=O) groups excluding carboxylic acids is 1. The van der Waals surface area contributed by atoms with Gasteiger partial charge in [0.15, 0.2) is 0 Å². The van der Waals surface area contributed by atoms with Gasteiger partial charge >= 0.3 is 6.61 Å². The topological polar surface area (TPSA) is 89.5 Å². The highest BCUT2D eigenvalue weighted by molar-refractivity contribution is 7.98. The van der Waals surface area contributed by atoms with Crippen LogP contribution in [0.4, 0.5) is 14.6 Å². The van der Waals surface area contributed by atoms with Gasteiger partial charge in [0.25, 0.3) is 5.91 Å². The van der Waals surface area contributed by atoms with Crippen molar-refractivity contribution in [3.63, 3.8) is 0 Å². The monoisotopic (exact) mass is 565 g/mol. The van der Waals surface area contributed by atoms with Crippen molar-refractivity contribution in [3.8, 4) is 17.1 Å². The highest BCUT2D eigenvalue weighted by atomic mass is 32.2. The number of halogens is 2. The Kier molecular flexibility index (Phi) is 8.41. The molecule has 1 aliphatic rings. The molecule has 1 fully saturated rings. The van der Waals surface area contributed by atoms with Crippen LogP contribution in [0.1, 0.15) is 29.9 Å². The smallest absolute Gasteiger partial charge is 0.387 e. The van der Waals surface area contributed by atoms with Crippen LogP contribution in [0, 0.1) is 0 Å². The van der Waals surface area contributed by atoms with Gasteiger partial charge < -0.3 is 19.7 Å². The molecular weight excluding hydrogens is 536 g/mol. The summed E-state index contributed by atoms with van der Waals surface area (Å²) in [5.74, 6) is 0.390. The first kappa shape index (κ1) is 27.7. The van der Waals surface area contributed by atoms with Gasteiger partial charge in [0.2, 0.25) is 0 Å². The molecule has 4 aromatic rings. The van der Waals surface area contributed by atoms with Gasteiger partial charge in [-0.1, -0.05) is 6.07 Å². The minimum absolute atomic E-state index is 0.0668. The molecule has 1 aliphatic heterocycles. The van der Waals surface area contributed by atoms with Crippen LogP contribution in [0.5, 0.6) is 5.75 Å². The molecule has 208 valence electrons. The molecule has 40 heavy (non-hydrogen) atoms. The number of nitrogens with zero attached hydrogens (tertiary/aromatic N) is 4. The molecule has 0 aliphatic carbocycles. The maximum Gasteiger partial charge on any atom is 0.387 e. The van der Waals surface area contributed by atoms with E-state index >= 15 is 0 Å². The Bertz CT molecular complexity index is 1510. The number of fused-ring (bicyclic) bond motifs is 1. The minimum Gasteiger partial charge on any atom is -0.435 e. The number of morpholine rings is 1. The number of rotatable bonds is 8. The molecule has 5 rings (SSSR count). The van der Waals surface area contributed by atoms with E-state index in [4.69, 9.17) is 14.7 Å². The molecule has 0 bridgehead atoms. The molecule has 3 aromatic heterocycles. The highest BCUT2D eigenvalue weighted by Crippen LogP contribution is 2.26. The quantitative estimate of drug-likeness (QED) is 0.278. The van der Waals surface area contributed by atoms with Crippen molar-refractivity contribution in [2.24, 2.45) is 0 Å². The minimum atomic E-state index is -2.98. The Balaban J connectivity index is 1.33. The second-order valence-electron chi connectivity index (χ2n) is 9.57. The summed E-state index contributed by atoms with van der Waals surface area (Å²) in [6.07, 6.45) is 3.75. The summed E-state index contributed by atoms with van der Waals surface area (Å²) in [5.41, 5.74) is 3.03. The number of aromatic nitrogens is 3. The van der Waals surface area contributed by atoms with Crippen LogP contribution in [-0.2, 0) is 11.3 Å². The SMILES string of the molecule is CSc1cc(OC(F)F)cc(C(=O)NCc2cc3nc(-c4cccc(N5CC(C)OC(C)C5)n4)ccc3cn2)c1. The molecule has 2 unspecified atom stereocenters. The zero-order chi connectivity index (χ0) is 28.2. The lowest BCUT2D eigenvalue weighted by Crippen LogP contribution is -2.45. The standard InChI is InChI=1S/C29H29F2N5O3S/c1-17-15-36(16-18(2)38-17)27-6-4-5-24(35-27)25-8-7-19-13-32-21(11-26(19)34-25)14-33-28(37)20-9-22(39-29(30)31)12-23(10-20)40-3/h4-13,17-18,29H,14-16H2,1-3H3,(H,33,37). The van der Waals surface area contributed by atoms with Crippen LogP contribution in [0.2, 0.25) is 0 Å². The normalized spacial score (nSPS) is 17.3. The third kappa shape index (κ3) is 6.65. The first-order chi connectivity index (χ1) is 19.3. The maximum atomic E-state index is 12.8. The van der Waals surface area contributed by atoms with E-state index in [1.54, 1.807) is 18.5 Å². The molecule has 0 radical (unpaired) electrons. The van der Waals surface area contributed by atoms with Crippen molar-refractivity contribution in [1.82, 2.24) is 20.3 Å². The van der Waals surface area contributed by atoms with Gasteiger partial charge in [-0.05, 0) is 68.6 Å². The molecule has 1 amide bonds. The summed E-state index contributed by atoms with van der Waals surface area (Å²) in [7, 11) is 0. The molecule has 4 heterocycles. The zero-order valence-electron chi connectivity index (χ0n) is 22.3. The number of carbonyl (C=O) groups is 1. The van der Waals surface area contributed by atoms with Gasteiger partial charge in [-0.25, -0.2) is 9.97 Å². The average molecular weight is 566 g/mol. The van der Waals surface area contributed by atoms with Crippen molar-refractivity contribution in [1.29, 1.82) is 0 Å². The lowest BCUT2D eigenvalue weighted by atomic mass is 10.1. The number of ether oxygens (including phenoxy) is 2. The van der Waals surface area contributed by atoms with Crippen LogP contribution in [0.25, 0.3) is 22.3 Å². The van der Waals surface area contributed by atoms with Gasteiger partial charge in [0.1, 0.15) is 11.6 Å². The van der Waals surface area contributed by atoms with E-state index in [0.29, 0.717) is 10.6 Å². The van der Waals surface area contributed by atoms with E-state index in [2.05, 4.69) is 33.8 Å². The number of hydrogen-bond acceptors (Lipinski definition) is 8. The molecule has 1 saturated heterocycles. The summed E-state index contributed by atoms with van der Waals surface area (Å²) in [6, 6.07) is 16.0. The Labute approximate surface area is 235 Å². The second kappa shape index (κ2) is 12.1. The maximum absolute atomic E-state index is 12.8. The number of benzene rings is 1. The fourth-order valence-corrected chi connectivity index (χ4v) is 5.15. The average Bonchev–Trinajstić information content (AvgIpc) is 2.94. The van der Waals surface area contributed by atoms with Crippen LogP contribution in [-0.4, -0.2) is 59.0 Å². The summed E-state index contributed by atoms with van der Waals surface area (Å²) in [4.78, 5) is 29.8. The lowest BCUT2D eigenvalue weighted by Gasteiger charge is -2.36. The van der Waals surface area contributed by atoms with Gasteiger partial charge in [-0.15, -0.1) is 11.8 Å². The molecule has 1 N–H and O–H groups in total. The van der Waals surface area contributed by atoms with Crippen LogP contribution in [0.15, 0.2) is 65.7 Å². The predicted molar refractivity (Wildman–Crippen MR) is 151 cm³/mol. The van der Waals surface area contributed by atoms with Crippen molar-refractivity contribution in [2.45, 2.75) is 44.1 Å². The number of alkyl halides is 2. The number of nitrogens with one attached hydrogen (secondary N) is 1. The summed E-state index contributed by atoms with van der Waals surface area (Å²) in [6.45, 7) is 2.83. The summed E-state index contributed by atoms with van der Waals surface area (Å²) in [5, 5.41) is 3.65. The first-order valence-corrected chi connectivity index (χ1v) is 14.1. The Morgan fingerprint density at radius 1 is 1.10 bits per heavy atom. The second-order valence-corrected chi connectivity index (χ2v) is 10.4. The van der Waals surface area contributed by atoms with E-state index in [9.17, 15) is 13.6 Å². The molecule has 0 spiro atoms. The van der Waals surface area contributed by atoms with E-state index in [1.807, 2.05) is 36.4 Å². The number of hydrogen-bond donors (Lipinski definition) is 1. The summed E-state index contributed by atoms with van der Waals surface area (Å²) < 4.78 is 35.8. The van der Waals surface area contributed by atoms with Crippen molar-refractivity contribution < 1.29 is 23.0 Å². The Morgan fingerprint density at radius 3 is 2.62 bits per heavy atom. The fraction of sp³-hybridized carbons (Fsp3) is 0.310. The van der Waals surface area contributed by atoms with Crippen molar-refractivity contribution >= 4 is 34.4 Å². The largest absolute Gasteiger partial charge is 0.435 e. The predicted octanol–water partition coefficient (Wildman–Crippen LogP) is 5.56. The number of amides is 1. The molecule has 1 aromatic carbocycles. The van der Waals surface area contributed by atoms with Gasteiger partial charge in [0.05, 0.1) is 41.4 Å². The molecule has 0 saturated carbocycles. The molecule has 2 atom stereocenters. The Morgan fingerprint density at radius 2 is 1.88 bits per heavy atom. The van der Waals surface area contributed by atoms with E-state index < -0.39 is 12.5 Å². The number of thioether (sulfide) groups is 1. The van der Waals surface area contributed by atoms with Gasteiger partial charge in [0, 0.05) is 35.1 Å². The Hall–Kier alpha value is -3.83. The first-order valence-electron chi connectivity index (χ1n) is 12.8. The van der Waals surface area contributed by atoms with E-state index in [0.717, 1.165) is 41.2 Å². The van der Waals surface area contributed by atoms with Crippen LogP contribution in [0.3, 0.4) is 0 Å². The fourth-order valence-electron chi connectivity index (χ4n) is 4.67. The molecular formula is C29H29F2N5O3S. The van der Waals surface area contributed by atoms with Gasteiger partial charge in [-0.2, -0.15) is 8.78 Å². The third-order valence-corrected chi connectivity index (χ3v) is 7.11. The highest BCUT2D eigenvalue weighted by Gasteiger charge is 2.23. The van der Waals surface area contributed by atoms with Crippen LogP contribution < -0.4 is 15.0 Å². The summed E-state index contributed by atoms with van der Waals surface area (Å²) >= 11 is 1.33. The lowest BCUT2D eigenvalue weighted by molar-refractivity contribution is -0.0500. The van der Waals surface area contributed by atoms with Gasteiger partial charge in [-0.3, -0.25) is 9.78 Å². The molecule has 8 nitrogen and oxygen atoms in total. The van der Waals surface area contributed by atoms with Crippen molar-refractivity contribution in [2.75, 3.05) is 24.2 Å².